The Morgan fingerprint density at radius 1 is 1.52 bits per heavy atom. The van der Waals surface area contributed by atoms with Gasteiger partial charge in [0, 0.05) is 30.4 Å². The van der Waals surface area contributed by atoms with Crippen molar-refractivity contribution in [2.24, 2.45) is 0 Å². The number of nitrogens with one attached hydrogen (secondary N) is 1. The van der Waals surface area contributed by atoms with Crippen molar-refractivity contribution in [3.8, 4) is 0 Å². The zero-order valence-corrected chi connectivity index (χ0v) is 12.9. The number of thioether (sulfide) groups is 1. The number of aromatic nitrogens is 2. The first-order valence-corrected chi connectivity index (χ1v) is 8.11. The summed E-state index contributed by atoms with van der Waals surface area (Å²) in [5.41, 5.74) is 2.55. The largest absolute Gasteiger partial charge is 0.355 e. The SMILES string of the molecule is Cc1ccc2c(c1)S[C@@H](C(=O)NCCCn1cccn1)C2. The minimum atomic E-state index is 0.0199. The van der Waals surface area contributed by atoms with E-state index in [0.29, 0.717) is 6.54 Å². The molecule has 4 nitrogen and oxygen atoms in total. The fourth-order valence-corrected chi connectivity index (χ4v) is 3.80. The first kappa shape index (κ1) is 14.2. The molecule has 0 saturated carbocycles. The third kappa shape index (κ3) is 3.47. The van der Waals surface area contributed by atoms with Crippen LogP contribution >= 0.6 is 11.8 Å². The molecule has 0 radical (unpaired) electrons. The molecule has 1 aliphatic heterocycles. The number of amides is 1. The van der Waals surface area contributed by atoms with Crippen molar-refractivity contribution in [1.29, 1.82) is 0 Å². The molecule has 1 aromatic carbocycles. The van der Waals surface area contributed by atoms with E-state index >= 15 is 0 Å². The number of carbonyl (C=O) groups is 1. The summed E-state index contributed by atoms with van der Waals surface area (Å²) >= 11 is 1.68. The number of hydrogen-bond donors (Lipinski definition) is 1. The molecule has 1 aromatic heterocycles. The lowest BCUT2D eigenvalue weighted by Crippen LogP contribution is -2.33. The van der Waals surface area contributed by atoms with E-state index in [-0.39, 0.29) is 11.2 Å². The monoisotopic (exact) mass is 301 g/mol. The van der Waals surface area contributed by atoms with Crippen molar-refractivity contribution < 1.29 is 4.79 Å². The second kappa shape index (κ2) is 6.35. The molecular weight excluding hydrogens is 282 g/mol. The number of rotatable bonds is 5. The Morgan fingerprint density at radius 2 is 2.43 bits per heavy atom. The van der Waals surface area contributed by atoms with Crippen LogP contribution in [0.25, 0.3) is 0 Å². The Labute approximate surface area is 128 Å². The van der Waals surface area contributed by atoms with Crippen molar-refractivity contribution in [3.05, 3.63) is 47.8 Å². The van der Waals surface area contributed by atoms with Gasteiger partial charge < -0.3 is 5.32 Å². The molecule has 1 aliphatic rings. The number of hydrogen-bond acceptors (Lipinski definition) is 3. The van der Waals surface area contributed by atoms with E-state index in [9.17, 15) is 4.79 Å². The van der Waals surface area contributed by atoms with Crippen molar-refractivity contribution >= 4 is 17.7 Å². The van der Waals surface area contributed by atoms with Gasteiger partial charge in [0.25, 0.3) is 0 Å². The fraction of sp³-hybridized carbons (Fsp3) is 0.375. The smallest absolute Gasteiger partial charge is 0.233 e. The highest BCUT2D eigenvalue weighted by Crippen LogP contribution is 2.37. The standard InChI is InChI=1S/C16H19N3OS/c1-12-4-5-13-11-15(21-14(13)10-12)16(20)17-6-2-8-19-9-3-7-18-19/h3-5,7,9-10,15H,2,6,8,11H2,1H3,(H,17,20)/t15-/m1/s1. The predicted molar refractivity (Wildman–Crippen MR) is 84.4 cm³/mol. The Balaban J connectivity index is 1.45. The van der Waals surface area contributed by atoms with E-state index in [2.05, 4.69) is 35.5 Å². The number of fused-ring (bicyclic) bond motifs is 1. The number of nitrogens with zero attached hydrogens (tertiary/aromatic N) is 2. The topological polar surface area (TPSA) is 46.9 Å². The van der Waals surface area contributed by atoms with Crippen LogP contribution in [0.4, 0.5) is 0 Å². The Bertz CT molecular complexity index is 624. The summed E-state index contributed by atoms with van der Waals surface area (Å²) in [4.78, 5) is 13.5. The lowest BCUT2D eigenvalue weighted by molar-refractivity contribution is -0.120. The molecule has 5 heteroatoms. The predicted octanol–water partition coefficient (Wildman–Crippen LogP) is 2.41. The molecule has 110 valence electrons. The summed E-state index contributed by atoms with van der Waals surface area (Å²) in [6, 6.07) is 8.34. The average Bonchev–Trinajstić information content (AvgIpc) is 3.11. The van der Waals surface area contributed by atoms with Gasteiger partial charge in [-0.15, -0.1) is 11.8 Å². The molecule has 2 aromatic rings. The van der Waals surface area contributed by atoms with Crippen molar-refractivity contribution in [3.63, 3.8) is 0 Å². The second-order valence-electron chi connectivity index (χ2n) is 5.34. The lowest BCUT2D eigenvalue weighted by Gasteiger charge is -2.09. The normalized spacial score (nSPS) is 16.7. The Morgan fingerprint density at radius 3 is 3.24 bits per heavy atom. The van der Waals surface area contributed by atoms with Gasteiger partial charge in [-0.25, -0.2) is 0 Å². The maximum atomic E-state index is 12.2. The number of aryl methyl sites for hydroxylation is 2. The maximum absolute atomic E-state index is 12.2. The van der Waals surface area contributed by atoms with Crippen LogP contribution in [0, 0.1) is 6.92 Å². The minimum Gasteiger partial charge on any atom is -0.355 e. The summed E-state index contributed by atoms with van der Waals surface area (Å²) < 4.78 is 1.88. The molecule has 21 heavy (non-hydrogen) atoms. The third-order valence-electron chi connectivity index (χ3n) is 3.61. The van der Waals surface area contributed by atoms with E-state index in [4.69, 9.17) is 0 Å². The zero-order chi connectivity index (χ0) is 14.7. The van der Waals surface area contributed by atoms with Gasteiger partial charge in [0.2, 0.25) is 5.91 Å². The highest BCUT2D eigenvalue weighted by molar-refractivity contribution is 8.01. The van der Waals surface area contributed by atoms with E-state index in [0.717, 1.165) is 19.4 Å². The van der Waals surface area contributed by atoms with Crippen LogP contribution in [-0.4, -0.2) is 27.5 Å². The zero-order valence-electron chi connectivity index (χ0n) is 12.1. The Kier molecular flexibility index (Phi) is 4.29. The molecule has 0 fully saturated rings. The third-order valence-corrected chi connectivity index (χ3v) is 4.91. The summed E-state index contributed by atoms with van der Waals surface area (Å²) in [5.74, 6) is 0.148. The minimum absolute atomic E-state index is 0.0199. The maximum Gasteiger partial charge on any atom is 0.233 e. The molecule has 0 saturated heterocycles. The highest BCUT2D eigenvalue weighted by Gasteiger charge is 2.27. The first-order valence-electron chi connectivity index (χ1n) is 7.24. The average molecular weight is 301 g/mol. The quantitative estimate of drug-likeness (QED) is 0.863. The summed E-state index contributed by atoms with van der Waals surface area (Å²) in [7, 11) is 0. The molecule has 1 atom stereocenters. The lowest BCUT2D eigenvalue weighted by atomic mass is 10.1. The molecular formula is C16H19N3OS. The molecule has 0 unspecified atom stereocenters. The van der Waals surface area contributed by atoms with Gasteiger partial charge in [0.1, 0.15) is 0 Å². The van der Waals surface area contributed by atoms with Gasteiger partial charge in [-0.1, -0.05) is 17.7 Å². The van der Waals surface area contributed by atoms with Gasteiger partial charge >= 0.3 is 0 Å². The first-order chi connectivity index (χ1) is 10.2. The van der Waals surface area contributed by atoms with Gasteiger partial charge in [-0.05, 0) is 37.5 Å². The molecule has 1 N–H and O–H groups in total. The summed E-state index contributed by atoms with van der Waals surface area (Å²) in [5, 5.41) is 7.20. The number of carbonyl (C=O) groups excluding carboxylic acids is 1. The molecule has 3 rings (SSSR count). The van der Waals surface area contributed by atoms with Crippen LogP contribution < -0.4 is 5.32 Å². The number of benzene rings is 1. The van der Waals surface area contributed by atoms with Crippen LogP contribution in [0.2, 0.25) is 0 Å². The van der Waals surface area contributed by atoms with E-state index in [1.165, 1.54) is 16.0 Å². The van der Waals surface area contributed by atoms with Gasteiger partial charge in [0.15, 0.2) is 0 Å². The van der Waals surface area contributed by atoms with Crippen LogP contribution in [0.1, 0.15) is 17.5 Å². The van der Waals surface area contributed by atoms with Gasteiger partial charge in [-0.2, -0.15) is 5.10 Å². The van der Waals surface area contributed by atoms with Crippen molar-refractivity contribution in [1.82, 2.24) is 15.1 Å². The fourth-order valence-electron chi connectivity index (χ4n) is 2.48. The molecule has 0 bridgehead atoms. The van der Waals surface area contributed by atoms with E-state index in [1.807, 2.05) is 16.9 Å². The van der Waals surface area contributed by atoms with Crippen LogP contribution in [0.3, 0.4) is 0 Å². The Hall–Kier alpha value is -1.75. The molecule has 1 amide bonds. The summed E-state index contributed by atoms with van der Waals surface area (Å²) in [6.07, 6.45) is 5.45. The van der Waals surface area contributed by atoms with Gasteiger partial charge in [0.05, 0.1) is 5.25 Å². The van der Waals surface area contributed by atoms with Crippen molar-refractivity contribution in [2.75, 3.05) is 6.54 Å². The summed E-state index contributed by atoms with van der Waals surface area (Å²) in [6.45, 7) is 3.62. The van der Waals surface area contributed by atoms with Crippen LogP contribution in [0.5, 0.6) is 0 Å². The van der Waals surface area contributed by atoms with E-state index < -0.39 is 0 Å². The highest BCUT2D eigenvalue weighted by atomic mass is 32.2. The van der Waals surface area contributed by atoms with E-state index in [1.54, 1.807) is 18.0 Å². The molecule has 2 heterocycles. The second-order valence-corrected chi connectivity index (χ2v) is 6.58. The molecule has 0 spiro atoms. The van der Waals surface area contributed by atoms with Gasteiger partial charge in [-0.3, -0.25) is 9.48 Å². The van der Waals surface area contributed by atoms with Crippen molar-refractivity contribution in [2.45, 2.75) is 36.5 Å². The van der Waals surface area contributed by atoms with Crippen LogP contribution in [0.15, 0.2) is 41.6 Å². The molecule has 0 aliphatic carbocycles. The van der Waals surface area contributed by atoms with Crippen LogP contribution in [-0.2, 0) is 17.8 Å².